The molecule has 0 radical (unpaired) electrons. The average Bonchev–Trinajstić information content (AvgIpc) is 2.34. The van der Waals surface area contributed by atoms with Gasteiger partial charge < -0.3 is 10.1 Å². The highest BCUT2D eigenvalue weighted by molar-refractivity contribution is 8.13. The first-order valence-electron chi connectivity index (χ1n) is 5.88. The molecule has 0 saturated heterocycles. The lowest BCUT2D eigenvalue weighted by Crippen LogP contribution is -2.36. The van der Waals surface area contributed by atoms with E-state index in [0.29, 0.717) is 13.2 Å². The summed E-state index contributed by atoms with van der Waals surface area (Å²) < 4.78 is 40.8. The molecule has 0 spiro atoms. The molecule has 0 bridgehead atoms. The number of nitrogens with one attached hydrogen (secondary N) is 1. The number of ether oxygens (including phenoxy) is 1. The maximum atomic E-state index is 13.3. The molecule has 0 fully saturated rings. The molecule has 5 nitrogen and oxygen atoms in total. The maximum absolute atomic E-state index is 13.3. The van der Waals surface area contributed by atoms with Crippen LogP contribution in [0.1, 0.15) is 24.2 Å². The van der Waals surface area contributed by atoms with Crippen LogP contribution in [0.2, 0.25) is 0 Å². The van der Waals surface area contributed by atoms with Crippen LogP contribution >= 0.6 is 10.7 Å². The van der Waals surface area contributed by atoms with E-state index in [2.05, 4.69) is 5.32 Å². The number of carbonyl (C=O) groups is 1. The molecular formula is C12H15ClFNO4S. The van der Waals surface area contributed by atoms with Crippen LogP contribution in [0.4, 0.5) is 4.39 Å². The van der Waals surface area contributed by atoms with Crippen LogP contribution in [0.5, 0.6) is 0 Å². The van der Waals surface area contributed by atoms with Gasteiger partial charge in [0.1, 0.15) is 5.82 Å². The minimum atomic E-state index is -4.10. The Kier molecular flexibility index (Phi) is 5.91. The van der Waals surface area contributed by atoms with Gasteiger partial charge in [0.15, 0.2) is 0 Å². The normalized spacial score (nSPS) is 13.0. The summed E-state index contributed by atoms with van der Waals surface area (Å²) in [6.45, 7) is 4.35. The SMILES string of the molecule is CCOCC(C)NC(=O)c1cc(F)cc(S(=O)(=O)Cl)c1. The van der Waals surface area contributed by atoms with Crippen molar-refractivity contribution in [1.82, 2.24) is 5.32 Å². The summed E-state index contributed by atoms with van der Waals surface area (Å²) in [6, 6.07) is 2.42. The zero-order valence-electron chi connectivity index (χ0n) is 11.0. The number of hydrogen-bond donors (Lipinski definition) is 1. The highest BCUT2D eigenvalue weighted by atomic mass is 35.7. The Bertz CT molecular complexity index is 591. The number of hydrogen-bond acceptors (Lipinski definition) is 4. The molecule has 1 rings (SSSR count). The maximum Gasteiger partial charge on any atom is 0.261 e. The van der Waals surface area contributed by atoms with Crippen LogP contribution in [-0.2, 0) is 13.8 Å². The lowest BCUT2D eigenvalue weighted by atomic mass is 10.2. The van der Waals surface area contributed by atoms with E-state index in [1.807, 2.05) is 6.92 Å². The Morgan fingerprint density at radius 3 is 2.65 bits per heavy atom. The summed E-state index contributed by atoms with van der Waals surface area (Å²) in [4.78, 5) is 11.4. The molecule has 1 amide bonds. The lowest BCUT2D eigenvalue weighted by molar-refractivity contribution is 0.0871. The quantitative estimate of drug-likeness (QED) is 0.812. The molecule has 0 aromatic heterocycles. The molecule has 0 aliphatic rings. The second kappa shape index (κ2) is 7.01. The summed E-state index contributed by atoms with van der Waals surface area (Å²) in [6.07, 6.45) is 0. The Morgan fingerprint density at radius 2 is 2.10 bits per heavy atom. The van der Waals surface area contributed by atoms with Gasteiger partial charge in [0.2, 0.25) is 0 Å². The zero-order chi connectivity index (χ0) is 15.3. The summed E-state index contributed by atoms with van der Waals surface area (Å²) in [5.74, 6) is -1.45. The number of halogens is 2. The minimum Gasteiger partial charge on any atom is -0.380 e. The fourth-order valence-electron chi connectivity index (χ4n) is 1.48. The molecular weight excluding hydrogens is 309 g/mol. The van der Waals surface area contributed by atoms with Gasteiger partial charge in [-0.1, -0.05) is 0 Å². The topological polar surface area (TPSA) is 72.5 Å². The summed E-state index contributed by atoms with van der Waals surface area (Å²) in [5.41, 5.74) is -0.118. The molecule has 0 saturated carbocycles. The first kappa shape index (κ1) is 16.9. The highest BCUT2D eigenvalue weighted by Crippen LogP contribution is 2.18. The molecule has 20 heavy (non-hydrogen) atoms. The molecule has 8 heteroatoms. The first-order chi connectivity index (χ1) is 9.24. The van der Waals surface area contributed by atoms with Crippen molar-refractivity contribution >= 4 is 25.6 Å². The molecule has 1 aromatic rings. The van der Waals surface area contributed by atoms with E-state index in [1.165, 1.54) is 0 Å². The number of rotatable bonds is 6. The monoisotopic (exact) mass is 323 g/mol. The van der Waals surface area contributed by atoms with Crippen molar-refractivity contribution in [2.24, 2.45) is 0 Å². The predicted molar refractivity (Wildman–Crippen MR) is 72.9 cm³/mol. The van der Waals surface area contributed by atoms with Gasteiger partial charge in [0.25, 0.3) is 15.0 Å². The summed E-state index contributed by atoms with van der Waals surface area (Å²) in [7, 11) is 1.04. The van der Waals surface area contributed by atoms with E-state index in [-0.39, 0.29) is 11.6 Å². The van der Waals surface area contributed by atoms with E-state index < -0.39 is 25.7 Å². The second-order valence-corrected chi connectivity index (χ2v) is 6.71. The third-order valence-corrected chi connectivity index (χ3v) is 3.70. The van der Waals surface area contributed by atoms with Crippen molar-refractivity contribution < 1.29 is 22.3 Å². The van der Waals surface area contributed by atoms with Crippen LogP contribution in [0, 0.1) is 5.82 Å². The molecule has 1 unspecified atom stereocenters. The van der Waals surface area contributed by atoms with Gasteiger partial charge in [-0.3, -0.25) is 4.79 Å². The van der Waals surface area contributed by atoms with E-state index in [9.17, 15) is 17.6 Å². The van der Waals surface area contributed by atoms with Crippen LogP contribution in [0.3, 0.4) is 0 Å². The van der Waals surface area contributed by atoms with Gasteiger partial charge in [-0.2, -0.15) is 0 Å². The zero-order valence-corrected chi connectivity index (χ0v) is 12.6. The van der Waals surface area contributed by atoms with Crippen LogP contribution in [-0.4, -0.2) is 33.6 Å². The molecule has 1 N–H and O–H groups in total. The van der Waals surface area contributed by atoms with E-state index >= 15 is 0 Å². The van der Waals surface area contributed by atoms with E-state index in [1.54, 1.807) is 6.92 Å². The van der Waals surface area contributed by atoms with Crippen molar-refractivity contribution in [1.29, 1.82) is 0 Å². The smallest absolute Gasteiger partial charge is 0.261 e. The van der Waals surface area contributed by atoms with Crippen molar-refractivity contribution in [3.8, 4) is 0 Å². The van der Waals surface area contributed by atoms with Gasteiger partial charge in [-0.15, -0.1) is 0 Å². The van der Waals surface area contributed by atoms with Gasteiger partial charge in [0.05, 0.1) is 11.5 Å². The predicted octanol–water partition coefficient (Wildman–Crippen LogP) is 1.91. The van der Waals surface area contributed by atoms with Gasteiger partial charge in [0, 0.05) is 28.9 Å². The Balaban J connectivity index is 2.91. The number of benzene rings is 1. The van der Waals surface area contributed by atoms with E-state index in [4.69, 9.17) is 15.4 Å². The second-order valence-electron chi connectivity index (χ2n) is 4.15. The fourth-order valence-corrected chi connectivity index (χ4v) is 2.27. The summed E-state index contributed by atoms with van der Waals surface area (Å²) >= 11 is 0. The molecule has 1 aromatic carbocycles. The molecule has 112 valence electrons. The van der Waals surface area contributed by atoms with Crippen LogP contribution in [0.25, 0.3) is 0 Å². The van der Waals surface area contributed by atoms with Crippen molar-refractivity contribution in [2.75, 3.05) is 13.2 Å². The molecule has 0 heterocycles. The fraction of sp³-hybridized carbons (Fsp3) is 0.417. The summed E-state index contributed by atoms with van der Waals surface area (Å²) in [5, 5.41) is 2.57. The van der Waals surface area contributed by atoms with Gasteiger partial charge in [-0.25, -0.2) is 12.8 Å². The first-order valence-corrected chi connectivity index (χ1v) is 8.18. The van der Waals surface area contributed by atoms with Crippen molar-refractivity contribution in [2.45, 2.75) is 24.8 Å². The number of carbonyl (C=O) groups excluding carboxylic acids is 1. The largest absolute Gasteiger partial charge is 0.380 e. The highest BCUT2D eigenvalue weighted by Gasteiger charge is 2.17. The van der Waals surface area contributed by atoms with Crippen LogP contribution in [0.15, 0.2) is 23.1 Å². The van der Waals surface area contributed by atoms with Gasteiger partial charge >= 0.3 is 0 Å². The third-order valence-electron chi connectivity index (χ3n) is 2.36. The Labute approximate surface area is 121 Å². The van der Waals surface area contributed by atoms with Gasteiger partial charge in [-0.05, 0) is 32.0 Å². The molecule has 0 aliphatic carbocycles. The number of amides is 1. The van der Waals surface area contributed by atoms with Crippen LogP contribution < -0.4 is 5.32 Å². The molecule has 0 aliphatic heterocycles. The molecule has 1 atom stereocenters. The van der Waals surface area contributed by atoms with Crippen molar-refractivity contribution in [3.05, 3.63) is 29.6 Å². The van der Waals surface area contributed by atoms with E-state index in [0.717, 1.165) is 18.2 Å². The average molecular weight is 324 g/mol. The Hall–Kier alpha value is -1.18. The minimum absolute atomic E-state index is 0.118. The third kappa shape index (κ3) is 5.07. The lowest BCUT2D eigenvalue weighted by Gasteiger charge is -2.14. The standard InChI is InChI=1S/C12H15ClFNO4S/c1-3-19-7-8(2)15-12(16)9-4-10(14)6-11(5-9)20(13,17)18/h4-6,8H,3,7H2,1-2H3,(H,15,16). The Morgan fingerprint density at radius 1 is 1.45 bits per heavy atom. The van der Waals surface area contributed by atoms with Crippen molar-refractivity contribution in [3.63, 3.8) is 0 Å².